The number of hydrogen-bond donors (Lipinski definition) is 2. The van der Waals surface area contributed by atoms with E-state index in [1.807, 2.05) is 25.1 Å². The number of carbonyl (C=O) groups is 1. The van der Waals surface area contributed by atoms with Crippen molar-refractivity contribution < 1.29 is 4.79 Å². The van der Waals surface area contributed by atoms with Crippen LogP contribution < -0.4 is 11.1 Å². The lowest BCUT2D eigenvalue weighted by Crippen LogP contribution is -2.45. The molecule has 1 aromatic carbocycles. The fraction of sp³-hybridized carbons (Fsp3) is 0.533. The van der Waals surface area contributed by atoms with Crippen LogP contribution in [0.25, 0.3) is 0 Å². The first-order valence-corrected chi connectivity index (χ1v) is 7.46. The molecule has 1 unspecified atom stereocenters. The van der Waals surface area contributed by atoms with Gasteiger partial charge in [0.1, 0.15) is 0 Å². The minimum absolute atomic E-state index is 0.0676. The van der Waals surface area contributed by atoms with E-state index in [4.69, 9.17) is 5.73 Å². The lowest BCUT2D eigenvalue weighted by Gasteiger charge is -2.27. The predicted octanol–water partition coefficient (Wildman–Crippen LogP) is 2.97. The van der Waals surface area contributed by atoms with Crippen molar-refractivity contribution in [2.45, 2.75) is 45.1 Å². The van der Waals surface area contributed by atoms with Crippen molar-refractivity contribution in [1.29, 1.82) is 0 Å². The zero-order chi connectivity index (χ0) is 14.5. The standard InChI is InChI=1S/C15H23BrN2O/c1-4-7-13(17)14(19)18-10-15(2,3)11-8-5-6-9-12(11)16/h5-6,8-9,13H,4,7,10,17H2,1-3H3,(H,18,19). The maximum Gasteiger partial charge on any atom is 0.236 e. The van der Waals surface area contributed by atoms with Gasteiger partial charge in [-0.3, -0.25) is 4.79 Å². The summed E-state index contributed by atoms with van der Waals surface area (Å²) >= 11 is 3.56. The summed E-state index contributed by atoms with van der Waals surface area (Å²) in [4.78, 5) is 11.8. The highest BCUT2D eigenvalue weighted by Gasteiger charge is 2.24. The SMILES string of the molecule is CCCC(N)C(=O)NCC(C)(C)c1ccccc1Br. The Morgan fingerprint density at radius 2 is 2.05 bits per heavy atom. The van der Waals surface area contributed by atoms with Crippen LogP contribution in [0.2, 0.25) is 0 Å². The minimum atomic E-state index is -0.403. The highest BCUT2D eigenvalue weighted by atomic mass is 79.9. The number of carbonyl (C=O) groups excluding carboxylic acids is 1. The van der Waals surface area contributed by atoms with Crippen LogP contribution in [0.3, 0.4) is 0 Å². The summed E-state index contributed by atoms with van der Waals surface area (Å²) in [5, 5.41) is 2.95. The summed E-state index contributed by atoms with van der Waals surface area (Å²) < 4.78 is 1.06. The highest BCUT2D eigenvalue weighted by molar-refractivity contribution is 9.10. The van der Waals surface area contributed by atoms with Crippen LogP contribution in [0.5, 0.6) is 0 Å². The van der Waals surface area contributed by atoms with Crippen LogP contribution in [0.1, 0.15) is 39.2 Å². The van der Waals surface area contributed by atoms with E-state index in [1.54, 1.807) is 0 Å². The molecular formula is C15H23BrN2O. The first-order chi connectivity index (χ1) is 8.88. The monoisotopic (exact) mass is 326 g/mol. The Labute approximate surface area is 124 Å². The number of nitrogens with two attached hydrogens (primary N) is 1. The molecule has 19 heavy (non-hydrogen) atoms. The molecule has 0 spiro atoms. The van der Waals surface area contributed by atoms with Gasteiger partial charge in [-0.25, -0.2) is 0 Å². The predicted molar refractivity (Wildman–Crippen MR) is 83.1 cm³/mol. The molecule has 1 atom stereocenters. The van der Waals surface area contributed by atoms with E-state index in [-0.39, 0.29) is 11.3 Å². The topological polar surface area (TPSA) is 55.1 Å². The molecule has 0 aliphatic rings. The van der Waals surface area contributed by atoms with E-state index in [2.05, 4.69) is 41.2 Å². The van der Waals surface area contributed by atoms with Crippen LogP contribution in [-0.4, -0.2) is 18.5 Å². The van der Waals surface area contributed by atoms with Crippen molar-refractivity contribution in [3.8, 4) is 0 Å². The van der Waals surface area contributed by atoms with Crippen LogP contribution >= 0.6 is 15.9 Å². The van der Waals surface area contributed by atoms with Crippen molar-refractivity contribution in [3.05, 3.63) is 34.3 Å². The first kappa shape index (κ1) is 16.2. The molecule has 0 saturated carbocycles. The average Bonchev–Trinajstić information content (AvgIpc) is 2.36. The van der Waals surface area contributed by atoms with Gasteiger partial charge in [-0.05, 0) is 18.1 Å². The molecule has 3 N–H and O–H groups in total. The molecule has 0 aliphatic heterocycles. The molecule has 0 aromatic heterocycles. The number of benzene rings is 1. The van der Waals surface area contributed by atoms with Gasteiger partial charge in [0.25, 0.3) is 0 Å². The van der Waals surface area contributed by atoms with Gasteiger partial charge in [0.05, 0.1) is 6.04 Å². The van der Waals surface area contributed by atoms with Crippen molar-refractivity contribution in [2.24, 2.45) is 5.73 Å². The van der Waals surface area contributed by atoms with E-state index in [1.165, 1.54) is 5.56 Å². The summed E-state index contributed by atoms with van der Waals surface area (Å²) in [6.07, 6.45) is 1.64. The van der Waals surface area contributed by atoms with Crippen molar-refractivity contribution >= 4 is 21.8 Å². The van der Waals surface area contributed by atoms with Crippen LogP contribution in [0.4, 0.5) is 0 Å². The largest absolute Gasteiger partial charge is 0.354 e. The third-order valence-corrected chi connectivity index (χ3v) is 3.94. The second-order valence-electron chi connectivity index (χ2n) is 5.48. The molecule has 0 bridgehead atoms. The quantitative estimate of drug-likeness (QED) is 0.844. The van der Waals surface area contributed by atoms with Gasteiger partial charge in [-0.2, -0.15) is 0 Å². The molecule has 0 fully saturated rings. The second kappa shape index (κ2) is 7.06. The summed E-state index contributed by atoms with van der Waals surface area (Å²) in [6.45, 7) is 6.82. The van der Waals surface area contributed by atoms with Gasteiger partial charge in [0.2, 0.25) is 5.91 Å². The second-order valence-corrected chi connectivity index (χ2v) is 6.33. The molecule has 0 aliphatic carbocycles. The van der Waals surface area contributed by atoms with E-state index in [0.717, 1.165) is 17.3 Å². The van der Waals surface area contributed by atoms with E-state index in [0.29, 0.717) is 6.54 Å². The summed E-state index contributed by atoms with van der Waals surface area (Å²) in [5.41, 5.74) is 6.85. The molecule has 1 aromatic rings. The lowest BCUT2D eigenvalue weighted by atomic mass is 9.84. The van der Waals surface area contributed by atoms with Crippen LogP contribution in [-0.2, 0) is 10.2 Å². The maximum absolute atomic E-state index is 11.8. The minimum Gasteiger partial charge on any atom is -0.354 e. The van der Waals surface area contributed by atoms with E-state index in [9.17, 15) is 4.79 Å². The Balaban J connectivity index is 2.66. The van der Waals surface area contributed by atoms with Crippen LogP contribution in [0.15, 0.2) is 28.7 Å². The summed E-state index contributed by atoms with van der Waals surface area (Å²) in [7, 11) is 0. The third-order valence-electron chi connectivity index (χ3n) is 3.24. The highest BCUT2D eigenvalue weighted by Crippen LogP contribution is 2.29. The van der Waals surface area contributed by atoms with Gasteiger partial charge in [0.15, 0.2) is 0 Å². The molecule has 0 radical (unpaired) electrons. The summed E-state index contributed by atoms with van der Waals surface area (Å²) in [5.74, 6) is -0.0676. The first-order valence-electron chi connectivity index (χ1n) is 6.66. The fourth-order valence-electron chi connectivity index (χ4n) is 1.99. The molecule has 3 nitrogen and oxygen atoms in total. The normalized spacial score (nSPS) is 13.1. The maximum atomic E-state index is 11.8. The molecule has 4 heteroatoms. The zero-order valence-corrected chi connectivity index (χ0v) is 13.5. The van der Waals surface area contributed by atoms with Gasteiger partial charge in [-0.15, -0.1) is 0 Å². The molecule has 1 amide bonds. The number of nitrogens with one attached hydrogen (secondary N) is 1. The fourth-order valence-corrected chi connectivity index (χ4v) is 2.81. The van der Waals surface area contributed by atoms with Gasteiger partial charge in [-0.1, -0.05) is 61.3 Å². The Kier molecular flexibility index (Phi) is 6.01. The number of hydrogen-bond acceptors (Lipinski definition) is 2. The van der Waals surface area contributed by atoms with Gasteiger partial charge in [0, 0.05) is 16.4 Å². The van der Waals surface area contributed by atoms with Crippen molar-refractivity contribution in [3.63, 3.8) is 0 Å². The van der Waals surface area contributed by atoms with Gasteiger partial charge < -0.3 is 11.1 Å². The molecule has 106 valence electrons. The number of rotatable bonds is 6. The molecule has 1 rings (SSSR count). The van der Waals surface area contributed by atoms with Crippen LogP contribution in [0, 0.1) is 0 Å². The third kappa shape index (κ3) is 4.62. The number of halogens is 1. The Morgan fingerprint density at radius 3 is 2.63 bits per heavy atom. The van der Waals surface area contributed by atoms with Crippen molar-refractivity contribution in [2.75, 3.05) is 6.54 Å². The van der Waals surface area contributed by atoms with E-state index < -0.39 is 6.04 Å². The van der Waals surface area contributed by atoms with Gasteiger partial charge >= 0.3 is 0 Å². The summed E-state index contributed by atoms with van der Waals surface area (Å²) in [6, 6.07) is 7.68. The van der Waals surface area contributed by atoms with Crippen molar-refractivity contribution in [1.82, 2.24) is 5.32 Å². The average molecular weight is 327 g/mol. The molecular weight excluding hydrogens is 304 g/mol. The Bertz CT molecular complexity index is 432. The zero-order valence-electron chi connectivity index (χ0n) is 11.9. The Hall–Kier alpha value is -0.870. The molecule has 0 heterocycles. The smallest absolute Gasteiger partial charge is 0.236 e. The van der Waals surface area contributed by atoms with E-state index >= 15 is 0 Å². The number of amides is 1. The Morgan fingerprint density at radius 1 is 1.42 bits per heavy atom. The molecule has 0 saturated heterocycles. The lowest BCUT2D eigenvalue weighted by molar-refractivity contribution is -0.122.